The van der Waals surface area contributed by atoms with Crippen molar-refractivity contribution in [2.45, 2.75) is 13.8 Å². The quantitative estimate of drug-likeness (QED) is 0.621. The Bertz CT molecular complexity index is 429. The van der Waals surface area contributed by atoms with E-state index in [-0.39, 0.29) is 11.7 Å². The number of phenolic OH excluding ortho intramolecular Hbond substituents is 1. The number of phenols is 1. The van der Waals surface area contributed by atoms with Crippen LogP contribution in [0, 0.1) is 0 Å². The van der Waals surface area contributed by atoms with Crippen LogP contribution in [-0.4, -0.2) is 30.8 Å². The lowest BCUT2D eigenvalue weighted by Crippen LogP contribution is -2.28. The lowest BCUT2D eigenvalue weighted by atomic mass is 10.2. The second-order valence-electron chi connectivity index (χ2n) is 3.86. The Labute approximate surface area is 107 Å². The third-order valence-electron chi connectivity index (χ3n) is 2.52. The van der Waals surface area contributed by atoms with E-state index in [0.29, 0.717) is 25.3 Å². The zero-order chi connectivity index (χ0) is 13.5. The second-order valence-corrected chi connectivity index (χ2v) is 3.86. The zero-order valence-corrected chi connectivity index (χ0v) is 10.8. The topological polar surface area (TPSA) is 49.8 Å². The largest absolute Gasteiger partial charge is 0.508 e. The summed E-state index contributed by atoms with van der Waals surface area (Å²) in [5, 5.41) is 9.44. The van der Waals surface area contributed by atoms with Crippen LogP contribution in [0.2, 0.25) is 0 Å². The fourth-order valence-electron chi connectivity index (χ4n) is 1.60. The summed E-state index contributed by atoms with van der Waals surface area (Å²) in [4.78, 5) is 13.4. The Balaban J connectivity index is 2.73. The number of aromatic hydroxyl groups is 1. The molecule has 4 nitrogen and oxygen atoms in total. The van der Waals surface area contributed by atoms with Gasteiger partial charge in [0.1, 0.15) is 5.75 Å². The highest BCUT2D eigenvalue weighted by atomic mass is 16.5. The molecule has 18 heavy (non-hydrogen) atoms. The van der Waals surface area contributed by atoms with Gasteiger partial charge in [0.25, 0.3) is 0 Å². The van der Waals surface area contributed by atoms with E-state index in [0.717, 1.165) is 5.69 Å². The first-order chi connectivity index (χ1) is 8.58. The predicted molar refractivity (Wildman–Crippen MR) is 71.8 cm³/mol. The summed E-state index contributed by atoms with van der Waals surface area (Å²) in [6.45, 7) is 8.91. The lowest BCUT2D eigenvalue weighted by molar-refractivity contribution is -0.138. The van der Waals surface area contributed by atoms with Crippen molar-refractivity contribution in [3.63, 3.8) is 0 Å². The first-order valence-electron chi connectivity index (χ1n) is 5.97. The van der Waals surface area contributed by atoms with Crippen molar-refractivity contribution in [2.75, 3.05) is 24.6 Å². The molecule has 0 aromatic heterocycles. The predicted octanol–water partition coefficient (Wildman–Crippen LogP) is 2.34. The molecule has 0 fully saturated rings. The first-order valence-corrected chi connectivity index (χ1v) is 5.97. The first kappa shape index (κ1) is 14.1. The van der Waals surface area contributed by atoms with E-state index < -0.39 is 0 Å². The van der Waals surface area contributed by atoms with E-state index in [2.05, 4.69) is 6.58 Å². The van der Waals surface area contributed by atoms with E-state index in [4.69, 9.17) is 4.74 Å². The van der Waals surface area contributed by atoms with Crippen LogP contribution in [0.25, 0.3) is 0 Å². The monoisotopic (exact) mass is 249 g/mol. The number of ether oxygens (including phenoxy) is 1. The number of likely N-dealkylation sites (N-methyl/N-ethyl adjacent to an activating group) is 1. The minimum Gasteiger partial charge on any atom is -0.508 e. The van der Waals surface area contributed by atoms with Gasteiger partial charge in [-0.05, 0) is 26.0 Å². The van der Waals surface area contributed by atoms with Crippen molar-refractivity contribution in [3.8, 4) is 5.75 Å². The molecule has 1 aromatic rings. The number of anilines is 1. The minimum atomic E-state index is -0.379. The van der Waals surface area contributed by atoms with Gasteiger partial charge < -0.3 is 14.7 Å². The molecule has 0 heterocycles. The SMILES string of the molecule is C=C(CN(CC)c1cccc(O)c1)C(=O)OCC. The van der Waals surface area contributed by atoms with Crippen LogP contribution in [0.1, 0.15) is 13.8 Å². The molecule has 0 amide bonds. The fourth-order valence-corrected chi connectivity index (χ4v) is 1.60. The van der Waals surface area contributed by atoms with Crippen molar-refractivity contribution in [1.82, 2.24) is 0 Å². The number of benzene rings is 1. The maximum absolute atomic E-state index is 11.5. The van der Waals surface area contributed by atoms with Gasteiger partial charge >= 0.3 is 5.97 Å². The normalized spacial score (nSPS) is 9.89. The van der Waals surface area contributed by atoms with E-state index in [1.807, 2.05) is 17.9 Å². The Morgan fingerprint density at radius 1 is 1.44 bits per heavy atom. The summed E-state index contributed by atoms with van der Waals surface area (Å²) in [6.07, 6.45) is 0. The molecule has 0 bridgehead atoms. The van der Waals surface area contributed by atoms with Gasteiger partial charge in [0.05, 0.1) is 6.61 Å². The molecule has 0 aliphatic rings. The van der Waals surface area contributed by atoms with Crippen molar-refractivity contribution in [2.24, 2.45) is 0 Å². The molecule has 98 valence electrons. The van der Waals surface area contributed by atoms with Crippen molar-refractivity contribution < 1.29 is 14.6 Å². The van der Waals surface area contributed by atoms with Gasteiger partial charge in [-0.2, -0.15) is 0 Å². The Morgan fingerprint density at radius 2 is 2.17 bits per heavy atom. The molecule has 1 N–H and O–H groups in total. The summed E-state index contributed by atoms with van der Waals surface area (Å²) in [5.74, 6) is -0.177. The fraction of sp³-hybridized carbons (Fsp3) is 0.357. The Hall–Kier alpha value is -1.97. The molecule has 4 heteroatoms. The highest BCUT2D eigenvalue weighted by molar-refractivity contribution is 5.88. The number of nitrogens with zero attached hydrogens (tertiary/aromatic N) is 1. The molecular formula is C14H19NO3. The molecule has 0 unspecified atom stereocenters. The third-order valence-corrected chi connectivity index (χ3v) is 2.52. The van der Waals surface area contributed by atoms with Gasteiger partial charge in [-0.1, -0.05) is 12.6 Å². The standard InChI is InChI=1S/C14H19NO3/c1-4-15(10-11(3)14(17)18-5-2)12-7-6-8-13(16)9-12/h6-9,16H,3-5,10H2,1-2H3. The van der Waals surface area contributed by atoms with Gasteiger partial charge in [-0.25, -0.2) is 4.79 Å². The van der Waals surface area contributed by atoms with Crippen LogP contribution in [0.4, 0.5) is 5.69 Å². The molecule has 1 rings (SSSR count). The van der Waals surface area contributed by atoms with Crippen molar-refractivity contribution in [3.05, 3.63) is 36.4 Å². The van der Waals surface area contributed by atoms with Crippen LogP contribution >= 0.6 is 0 Å². The van der Waals surface area contributed by atoms with E-state index in [1.165, 1.54) is 0 Å². The number of hydrogen-bond donors (Lipinski definition) is 1. The summed E-state index contributed by atoms with van der Waals surface area (Å²) >= 11 is 0. The average Bonchev–Trinajstić information content (AvgIpc) is 2.35. The molecule has 0 aliphatic carbocycles. The molecule has 0 saturated heterocycles. The molecule has 0 atom stereocenters. The Kier molecular flexibility index (Phi) is 5.24. The van der Waals surface area contributed by atoms with Crippen LogP contribution in [-0.2, 0) is 9.53 Å². The smallest absolute Gasteiger partial charge is 0.335 e. The molecule has 0 spiro atoms. The highest BCUT2D eigenvalue weighted by Crippen LogP contribution is 2.20. The van der Waals surface area contributed by atoms with E-state index >= 15 is 0 Å². The third kappa shape index (κ3) is 3.80. The minimum absolute atomic E-state index is 0.202. The van der Waals surface area contributed by atoms with Crippen molar-refractivity contribution in [1.29, 1.82) is 0 Å². The van der Waals surface area contributed by atoms with Crippen LogP contribution in [0.3, 0.4) is 0 Å². The number of esters is 1. The lowest BCUT2D eigenvalue weighted by Gasteiger charge is -2.23. The summed E-state index contributed by atoms with van der Waals surface area (Å²) in [5.41, 5.74) is 1.25. The van der Waals surface area contributed by atoms with Gasteiger partial charge in [0.15, 0.2) is 0 Å². The molecule has 0 saturated carbocycles. The maximum Gasteiger partial charge on any atom is 0.335 e. The van der Waals surface area contributed by atoms with Crippen LogP contribution < -0.4 is 4.90 Å². The number of rotatable bonds is 6. The zero-order valence-electron chi connectivity index (χ0n) is 10.8. The molecule has 0 radical (unpaired) electrons. The number of hydrogen-bond acceptors (Lipinski definition) is 4. The molecule has 1 aromatic carbocycles. The van der Waals surface area contributed by atoms with Gasteiger partial charge in [-0.15, -0.1) is 0 Å². The molecular weight excluding hydrogens is 230 g/mol. The number of carbonyl (C=O) groups excluding carboxylic acids is 1. The van der Waals surface area contributed by atoms with Gasteiger partial charge in [-0.3, -0.25) is 0 Å². The number of carbonyl (C=O) groups is 1. The summed E-state index contributed by atoms with van der Waals surface area (Å²) in [6, 6.07) is 6.90. The average molecular weight is 249 g/mol. The van der Waals surface area contributed by atoms with Crippen molar-refractivity contribution >= 4 is 11.7 Å². The Morgan fingerprint density at radius 3 is 2.72 bits per heavy atom. The van der Waals surface area contributed by atoms with Crippen LogP contribution in [0.5, 0.6) is 5.75 Å². The second kappa shape index (κ2) is 6.69. The molecule has 0 aliphatic heterocycles. The van der Waals surface area contributed by atoms with Gasteiger partial charge in [0.2, 0.25) is 0 Å². The summed E-state index contributed by atoms with van der Waals surface area (Å²) in [7, 11) is 0. The van der Waals surface area contributed by atoms with Gasteiger partial charge in [0, 0.05) is 30.4 Å². The van der Waals surface area contributed by atoms with E-state index in [9.17, 15) is 9.90 Å². The highest BCUT2D eigenvalue weighted by Gasteiger charge is 2.13. The van der Waals surface area contributed by atoms with Crippen LogP contribution in [0.15, 0.2) is 36.4 Å². The van der Waals surface area contributed by atoms with E-state index in [1.54, 1.807) is 25.1 Å². The summed E-state index contributed by atoms with van der Waals surface area (Å²) < 4.78 is 4.89. The maximum atomic E-state index is 11.5.